The van der Waals surface area contributed by atoms with E-state index in [0.717, 1.165) is 49.2 Å². The molecule has 0 bridgehead atoms. The Kier molecular flexibility index (Phi) is 12.6. The summed E-state index contributed by atoms with van der Waals surface area (Å²) in [7, 11) is 3.32. The number of carbonyl (C=O) groups is 2. The molecule has 2 rings (SSSR count). The second-order valence-electron chi connectivity index (χ2n) is 8.43. The van der Waals surface area contributed by atoms with Crippen LogP contribution in [0, 0.1) is 0 Å². The molecule has 0 aliphatic carbocycles. The molecule has 0 unspecified atom stereocenters. The van der Waals surface area contributed by atoms with Crippen molar-refractivity contribution in [2.45, 2.75) is 64.7 Å². The monoisotopic (exact) mass is 468 g/mol. The van der Waals surface area contributed by atoms with Crippen LogP contribution in [-0.4, -0.2) is 39.1 Å². The number of hydrogen-bond acceptors (Lipinski definition) is 4. The van der Waals surface area contributed by atoms with Gasteiger partial charge < -0.3 is 20.1 Å². The standard InChI is InChI=1S/C28H40N2O4/c1-4-5-13-24-23(16-17-25(33-2)28(24)34-3)19-21-30-27(32)15-10-9-14-26(31)29-20-18-22-11-7-6-8-12-22/h6-8,11-12,16-17H,4-5,9-10,13-15,18-21H2,1-3H3,(H,29,31)(H,30,32). The summed E-state index contributed by atoms with van der Waals surface area (Å²) in [5.41, 5.74) is 3.56. The number of amides is 2. The van der Waals surface area contributed by atoms with E-state index in [9.17, 15) is 9.59 Å². The highest BCUT2D eigenvalue weighted by atomic mass is 16.5. The molecule has 6 nitrogen and oxygen atoms in total. The van der Waals surface area contributed by atoms with Gasteiger partial charge in [0.25, 0.3) is 0 Å². The third-order valence-corrected chi connectivity index (χ3v) is 5.88. The molecule has 0 saturated heterocycles. The lowest BCUT2D eigenvalue weighted by Gasteiger charge is -2.17. The van der Waals surface area contributed by atoms with Crippen LogP contribution >= 0.6 is 0 Å². The van der Waals surface area contributed by atoms with Crippen molar-refractivity contribution in [1.29, 1.82) is 0 Å². The second-order valence-corrected chi connectivity index (χ2v) is 8.43. The van der Waals surface area contributed by atoms with Crippen molar-refractivity contribution < 1.29 is 19.1 Å². The van der Waals surface area contributed by atoms with E-state index in [2.05, 4.69) is 35.8 Å². The molecule has 6 heteroatoms. The van der Waals surface area contributed by atoms with Gasteiger partial charge in [0.15, 0.2) is 11.5 Å². The Hall–Kier alpha value is -3.02. The first-order valence-electron chi connectivity index (χ1n) is 12.4. The molecular formula is C28H40N2O4. The maximum atomic E-state index is 12.2. The van der Waals surface area contributed by atoms with Crippen LogP contribution in [0.15, 0.2) is 42.5 Å². The molecule has 0 aliphatic rings. The Labute approximate surface area is 204 Å². The van der Waals surface area contributed by atoms with E-state index in [1.807, 2.05) is 24.3 Å². The van der Waals surface area contributed by atoms with E-state index < -0.39 is 0 Å². The fraction of sp³-hybridized carbons (Fsp3) is 0.500. The average molecular weight is 469 g/mol. The summed E-state index contributed by atoms with van der Waals surface area (Å²) in [5, 5.41) is 5.96. The topological polar surface area (TPSA) is 76.7 Å². The first kappa shape index (κ1) is 27.2. The van der Waals surface area contributed by atoms with E-state index in [0.29, 0.717) is 38.8 Å². The zero-order valence-electron chi connectivity index (χ0n) is 21.0. The maximum absolute atomic E-state index is 12.2. The van der Waals surface area contributed by atoms with Crippen molar-refractivity contribution in [2.24, 2.45) is 0 Å². The average Bonchev–Trinajstić information content (AvgIpc) is 2.86. The predicted molar refractivity (Wildman–Crippen MR) is 136 cm³/mol. The minimum atomic E-state index is 0.0278. The molecular weight excluding hydrogens is 428 g/mol. The third kappa shape index (κ3) is 9.46. The Balaban J connectivity index is 1.66. The van der Waals surface area contributed by atoms with Crippen molar-refractivity contribution in [3.8, 4) is 11.5 Å². The third-order valence-electron chi connectivity index (χ3n) is 5.88. The van der Waals surface area contributed by atoms with Crippen LogP contribution in [0.4, 0.5) is 0 Å². The van der Waals surface area contributed by atoms with E-state index in [-0.39, 0.29) is 11.8 Å². The van der Waals surface area contributed by atoms with E-state index >= 15 is 0 Å². The maximum Gasteiger partial charge on any atom is 0.220 e. The highest BCUT2D eigenvalue weighted by Crippen LogP contribution is 2.34. The summed E-state index contributed by atoms with van der Waals surface area (Å²) in [6.07, 6.45) is 6.97. The van der Waals surface area contributed by atoms with Gasteiger partial charge in [0.1, 0.15) is 0 Å². The Bertz CT molecular complexity index is 883. The molecule has 0 atom stereocenters. The van der Waals surface area contributed by atoms with Crippen molar-refractivity contribution in [3.63, 3.8) is 0 Å². The molecule has 0 fully saturated rings. The summed E-state index contributed by atoms with van der Waals surface area (Å²) in [6, 6.07) is 14.1. The number of carbonyl (C=O) groups excluding carboxylic acids is 2. The molecule has 0 aliphatic heterocycles. The van der Waals surface area contributed by atoms with Gasteiger partial charge in [-0.25, -0.2) is 0 Å². The highest BCUT2D eigenvalue weighted by Gasteiger charge is 2.14. The molecule has 2 N–H and O–H groups in total. The van der Waals surface area contributed by atoms with Crippen LogP contribution < -0.4 is 20.1 Å². The SMILES string of the molecule is CCCCc1c(CCNC(=O)CCCCC(=O)NCCc2ccccc2)ccc(OC)c1OC. The predicted octanol–water partition coefficient (Wildman–Crippen LogP) is 4.62. The smallest absolute Gasteiger partial charge is 0.220 e. The van der Waals surface area contributed by atoms with Gasteiger partial charge in [0.05, 0.1) is 14.2 Å². The number of rotatable bonds is 16. The molecule has 0 radical (unpaired) electrons. The van der Waals surface area contributed by atoms with Gasteiger partial charge in [-0.2, -0.15) is 0 Å². The van der Waals surface area contributed by atoms with Crippen LogP contribution in [-0.2, 0) is 28.9 Å². The van der Waals surface area contributed by atoms with Gasteiger partial charge in [0, 0.05) is 31.5 Å². The lowest BCUT2D eigenvalue weighted by Crippen LogP contribution is -2.26. The summed E-state index contributed by atoms with van der Waals surface area (Å²) in [4.78, 5) is 24.2. The molecule has 2 amide bonds. The van der Waals surface area contributed by atoms with Gasteiger partial charge in [-0.1, -0.05) is 49.7 Å². The Morgan fingerprint density at radius 2 is 1.41 bits per heavy atom. The lowest BCUT2D eigenvalue weighted by molar-refractivity contribution is -0.123. The minimum absolute atomic E-state index is 0.0278. The van der Waals surface area contributed by atoms with Gasteiger partial charge >= 0.3 is 0 Å². The molecule has 2 aromatic carbocycles. The number of hydrogen-bond donors (Lipinski definition) is 2. The van der Waals surface area contributed by atoms with Crippen molar-refractivity contribution in [1.82, 2.24) is 10.6 Å². The Morgan fingerprint density at radius 3 is 2.00 bits per heavy atom. The van der Waals surface area contributed by atoms with Crippen LogP contribution in [0.25, 0.3) is 0 Å². The number of nitrogens with one attached hydrogen (secondary N) is 2. The first-order valence-corrected chi connectivity index (χ1v) is 12.4. The number of ether oxygens (including phenoxy) is 2. The first-order chi connectivity index (χ1) is 16.6. The molecule has 186 valence electrons. The van der Waals surface area contributed by atoms with Gasteiger partial charge in [0.2, 0.25) is 11.8 Å². The second kappa shape index (κ2) is 15.8. The molecule has 0 heterocycles. The van der Waals surface area contributed by atoms with Gasteiger partial charge in [-0.3, -0.25) is 9.59 Å². The molecule has 2 aromatic rings. The zero-order valence-corrected chi connectivity index (χ0v) is 21.0. The molecule has 0 saturated carbocycles. The summed E-state index contributed by atoms with van der Waals surface area (Å²) in [6.45, 7) is 3.38. The summed E-state index contributed by atoms with van der Waals surface area (Å²) >= 11 is 0. The van der Waals surface area contributed by atoms with E-state index in [1.54, 1.807) is 14.2 Å². The number of methoxy groups -OCH3 is 2. The van der Waals surface area contributed by atoms with Crippen LogP contribution in [0.3, 0.4) is 0 Å². The fourth-order valence-corrected chi connectivity index (χ4v) is 3.97. The number of benzene rings is 2. The van der Waals surface area contributed by atoms with Crippen LogP contribution in [0.2, 0.25) is 0 Å². The Morgan fingerprint density at radius 1 is 0.765 bits per heavy atom. The largest absolute Gasteiger partial charge is 0.493 e. The quantitative estimate of drug-likeness (QED) is 0.352. The van der Waals surface area contributed by atoms with Gasteiger partial charge in [-0.15, -0.1) is 0 Å². The van der Waals surface area contributed by atoms with E-state index in [4.69, 9.17) is 9.47 Å². The minimum Gasteiger partial charge on any atom is -0.493 e. The normalized spacial score (nSPS) is 10.6. The summed E-state index contributed by atoms with van der Waals surface area (Å²) in [5.74, 6) is 1.61. The summed E-state index contributed by atoms with van der Waals surface area (Å²) < 4.78 is 11.1. The zero-order chi connectivity index (χ0) is 24.6. The van der Waals surface area contributed by atoms with Crippen molar-refractivity contribution in [2.75, 3.05) is 27.3 Å². The van der Waals surface area contributed by atoms with Crippen molar-refractivity contribution in [3.05, 3.63) is 59.2 Å². The lowest BCUT2D eigenvalue weighted by atomic mass is 9.98. The molecule has 0 spiro atoms. The number of unbranched alkanes of at least 4 members (excludes halogenated alkanes) is 2. The highest BCUT2D eigenvalue weighted by molar-refractivity contribution is 5.77. The van der Waals surface area contributed by atoms with Crippen LogP contribution in [0.1, 0.15) is 62.1 Å². The van der Waals surface area contributed by atoms with E-state index in [1.165, 1.54) is 11.1 Å². The van der Waals surface area contributed by atoms with Gasteiger partial charge in [-0.05, 0) is 55.7 Å². The van der Waals surface area contributed by atoms with Crippen LogP contribution in [0.5, 0.6) is 11.5 Å². The molecule has 0 aromatic heterocycles. The molecule has 34 heavy (non-hydrogen) atoms. The fourth-order valence-electron chi connectivity index (χ4n) is 3.97. The van der Waals surface area contributed by atoms with Crippen molar-refractivity contribution >= 4 is 11.8 Å².